The Morgan fingerprint density at radius 3 is 2.69 bits per heavy atom. The molecule has 0 radical (unpaired) electrons. The summed E-state index contributed by atoms with van der Waals surface area (Å²) in [5.74, 6) is 0. The van der Waals surface area contributed by atoms with Crippen molar-refractivity contribution >= 4 is 15.9 Å². The highest BCUT2D eigenvalue weighted by Crippen LogP contribution is 2.14. The van der Waals surface area contributed by atoms with E-state index in [9.17, 15) is 0 Å². The molecule has 0 saturated carbocycles. The monoisotopic (exact) mass is 249 g/mol. The maximum atomic E-state index is 5.61. The van der Waals surface area contributed by atoms with Crippen LogP contribution in [0.15, 0.2) is 0 Å². The highest BCUT2D eigenvalue weighted by atomic mass is 79.9. The van der Waals surface area contributed by atoms with E-state index in [1.54, 1.807) is 0 Å². The zero-order valence-electron chi connectivity index (χ0n) is 8.63. The van der Waals surface area contributed by atoms with Gasteiger partial charge in [-0.15, -0.1) is 0 Å². The molecule has 0 aromatic heterocycles. The van der Waals surface area contributed by atoms with Gasteiger partial charge in [0.2, 0.25) is 0 Å². The van der Waals surface area contributed by atoms with Gasteiger partial charge in [-0.3, -0.25) is 4.90 Å². The lowest BCUT2D eigenvalue weighted by atomic mass is 10.1. The van der Waals surface area contributed by atoms with E-state index in [4.69, 9.17) is 4.74 Å². The minimum atomic E-state index is 0.398. The Hall–Kier alpha value is 0.400. The summed E-state index contributed by atoms with van der Waals surface area (Å²) in [6, 6.07) is 0.755. The van der Waals surface area contributed by atoms with E-state index in [1.165, 1.54) is 12.8 Å². The third-order valence-electron chi connectivity index (χ3n) is 2.80. The second kappa shape index (κ2) is 5.99. The number of alkyl halides is 1. The van der Waals surface area contributed by atoms with E-state index in [0.717, 1.165) is 31.1 Å². The normalized spacial score (nSPS) is 25.4. The molecule has 0 N–H and O–H groups in total. The summed E-state index contributed by atoms with van der Waals surface area (Å²) in [5, 5.41) is 0.962. The van der Waals surface area contributed by atoms with Crippen LogP contribution in [0.25, 0.3) is 0 Å². The minimum absolute atomic E-state index is 0.398. The molecule has 1 heterocycles. The second-order valence-electron chi connectivity index (χ2n) is 3.61. The molecule has 0 spiro atoms. The summed E-state index contributed by atoms with van der Waals surface area (Å²) in [7, 11) is 0. The zero-order valence-corrected chi connectivity index (χ0v) is 10.2. The van der Waals surface area contributed by atoms with Crippen LogP contribution >= 0.6 is 15.9 Å². The standard InChI is InChI=1S/C10H20BrNO/c1-3-9(4-2)12-5-6-13-10(7-11)8-12/h9-10H,3-8H2,1-2H3. The second-order valence-corrected chi connectivity index (χ2v) is 4.26. The predicted octanol–water partition coefficient (Wildman–Crippen LogP) is 2.27. The summed E-state index contributed by atoms with van der Waals surface area (Å²) in [6.45, 7) is 7.64. The number of hydrogen-bond acceptors (Lipinski definition) is 2. The van der Waals surface area contributed by atoms with Gasteiger partial charge in [0, 0.05) is 24.5 Å². The molecule has 1 unspecified atom stereocenters. The molecule has 1 aliphatic heterocycles. The average Bonchev–Trinajstić information content (AvgIpc) is 2.20. The number of ether oxygens (including phenoxy) is 1. The van der Waals surface area contributed by atoms with Crippen LogP contribution in [0.5, 0.6) is 0 Å². The van der Waals surface area contributed by atoms with Crippen molar-refractivity contribution in [3.63, 3.8) is 0 Å². The number of morpholine rings is 1. The van der Waals surface area contributed by atoms with Crippen molar-refractivity contribution in [1.82, 2.24) is 4.90 Å². The van der Waals surface area contributed by atoms with Gasteiger partial charge < -0.3 is 4.74 Å². The lowest BCUT2D eigenvalue weighted by Gasteiger charge is -2.37. The highest BCUT2D eigenvalue weighted by molar-refractivity contribution is 9.09. The third-order valence-corrected chi connectivity index (χ3v) is 3.52. The fourth-order valence-corrected chi connectivity index (χ4v) is 2.36. The SMILES string of the molecule is CCC(CC)N1CCOC(CBr)C1. The van der Waals surface area contributed by atoms with Gasteiger partial charge >= 0.3 is 0 Å². The lowest BCUT2D eigenvalue weighted by Crippen LogP contribution is -2.47. The van der Waals surface area contributed by atoms with Crippen LogP contribution < -0.4 is 0 Å². The van der Waals surface area contributed by atoms with Crippen LogP contribution in [-0.2, 0) is 4.74 Å². The van der Waals surface area contributed by atoms with Crippen LogP contribution in [0, 0.1) is 0 Å². The molecule has 0 bridgehead atoms. The van der Waals surface area contributed by atoms with Crippen molar-refractivity contribution in [1.29, 1.82) is 0 Å². The van der Waals surface area contributed by atoms with Crippen LogP contribution in [0.3, 0.4) is 0 Å². The van der Waals surface area contributed by atoms with Crippen molar-refractivity contribution in [3.8, 4) is 0 Å². The molecule has 0 aromatic carbocycles. The largest absolute Gasteiger partial charge is 0.375 e. The van der Waals surface area contributed by atoms with Crippen molar-refractivity contribution in [2.45, 2.75) is 38.8 Å². The Morgan fingerprint density at radius 2 is 2.15 bits per heavy atom. The number of nitrogens with zero attached hydrogens (tertiary/aromatic N) is 1. The van der Waals surface area contributed by atoms with Gasteiger partial charge in [-0.05, 0) is 12.8 Å². The van der Waals surface area contributed by atoms with E-state index in [1.807, 2.05) is 0 Å². The molecule has 1 fully saturated rings. The summed E-state index contributed by atoms with van der Waals surface area (Å²) in [5.41, 5.74) is 0. The van der Waals surface area contributed by atoms with Gasteiger partial charge in [0.15, 0.2) is 0 Å². The molecule has 0 aromatic rings. The first-order valence-corrected chi connectivity index (χ1v) is 6.35. The van der Waals surface area contributed by atoms with E-state index >= 15 is 0 Å². The molecular weight excluding hydrogens is 230 g/mol. The first kappa shape index (κ1) is 11.5. The molecule has 0 amide bonds. The van der Waals surface area contributed by atoms with Crippen molar-refractivity contribution in [3.05, 3.63) is 0 Å². The van der Waals surface area contributed by atoms with Gasteiger partial charge in [-0.1, -0.05) is 29.8 Å². The predicted molar refractivity (Wildman–Crippen MR) is 59.5 cm³/mol. The van der Waals surface area contributed by atoms with E-state index in [0.29, 0.717) is 6.10 Å². The van der Waals surface area contributed by atoms with Crippen molar-refractivity contribution in [2.24, 2.45) is 0 Å². The first-order chi connectivity index (χ1) is 6.31. The quantitative estimate of drug-likeness (QED) is 0.710. The van der Waals surface area contributed by atoms with Gasteiger partial charge in [0.05, 0.1) is 12.7 Å². The summed E-state index contributed by atoms with van der Waals surface area (Å²) >= 11 is 3.48. The zero-order chi connectivity index (χ0) is 9.68. The van der Waals surface area contributed by atoms with Crippen molar-refractivity contribution in [2.75, 3.05) is 25.0 Å². The number of hydrogen-bond donors (Lipinski definition) is 0. The highest BCUT2D eigenvalue weighted by Gasteiger charge is 2.23. The maximum absolute atomic E-state index is 5.61. The van der Waals surface area contributed by atoms with E-state index in [-0.39, 0.29) is 0 Å². The Bertz CT molecular complexity index is 139. The average molecular weight is 250 g/mol. The van der Waals surface area contributed by atoms with Gasteiger partial charge in [-0.25, -0.2) is 0 Å². The van der Waals surface area contributed by atoms with Gasteiger partial charge in [0.1, 0.15) is 0 Å². The molecule has 1 saturated heterocycles. The summed E-state index contributed by atoms with van der Waals surface area (Å²) in [6.07, 6.45) is 2.91. The fraction of sp³-hybridized carbons (Fsp3) is 1.00. The molecule has 78 valence electrons. The summed E-state index contributed by atoms with van der Waals surface area (Å²) < 4.78 is 5.61. The Balaban J connectivity index is 2.40. The minimum Gasteiger partial charge on any atom is -0.375 e. The molecule has 1 atom stereocenters. The van der Waals surface area contributed by atoms with E-state index in [2.05, 4.69) is 34.7 Å². The fourth-order valence-electron chi connectivity index (χ4n) is 1.97. The molecule has 1 rings (SSSR count). The smallest absolute Gasteiger partial charge is 0.0799 e. The van der Waals surface area contributed by atoms with Gasteiger partial charge in [-0.2, -0.15) is 0 Å². The van der Waals surface area contributed by atoms with E-state index < -0.39 is 0 Å². The Morgan fingerprint density at radius 1 is 1.46 bits per heavy atom. The summed E-state index contributed by atoms with van der Waals surface area (Å²) in [4.78, 5) is 2.56. The third kappa shape index (κ3) is 3.22. The Labute approximate surface area is 89.8 Å². The molecule has 2 nitrogen and oxygen atoms in total. The molecular formula is C10H20BrNO. The van der Waals surface area contributed by atoms with Crippen LogP contribution in [-0.4, -0.2) is 42.1 Å². The molecule has 0 aliphatic carbocycles. The number of rotatable bonds is 4. The van der Waals surface area contributed by atoms with Gasteiger partial charge in [0.25, 0.3) is 0 Å². The van der Waals surface area contributed by atoms with Crippen LogP contribution in [0.4, 0.5) is 0 Å². The Kier molecular flexibility index (Phi) is 5.29. The lowest BCUT2D eigenvalue weighted by molar-refractivity contribution is -0.0322. The first-order valence-electron chi connectivity index (χ1n) is 5.23. The molecule has 13 heavy (non-hydrogen) atoms. The molecule has 1 aliphatic rings. The topological polar surface area (TPSA) is 12.5 Å². The van der Waals surface area contributed by atoms with Crippen LogP contribution in [0.2, 0.25) is 0 Å². The number of halogens is 1. The molecule has 3 heteroatoms. The van der Waals surface area contributed by atoms with Crippen LogP contribution in [0.1, 0.15) is 26.7 Å². The maximum Gasteiger partial charge on any atom is 0.0799 e. The van der Waals surface area contributed by atoms with Crippen molar-refractivity contribution < 1.29 is 4.74 Å².